The number of amides is 2. The van der Waals surface area contributed by atoms with Gasteiger partial charge in [-0.05, 0) is 81.5 Å². The van der Waals surface area contributed by atoms with Crippen LogP contribution in [0.5, 0.6) is 0 Å². The summed E-state index contributed by atoms with van der Waals surface area (Å²) in [6.07, 6.45) is 9.84. The van der Waals surface area contributed by atoms with Crippen molar-refractivity contribution in [3.8, 4) is 0 Å². The van der Waals surface area contributed by atoms with Crippen molar-refractivity contribution in [1.82, 2.24) is 9.80 Å². The van der Waals surface area contributed by atoms with Gasteiger partial charge in [-0.3, -0.25) is 9.59 Å². The minimum absolute atomic E-state index is 0.114. The van der Waals surface area contributed by atoms with E-state index in [0.29, 0.717) is 18.4 Å². The molecule has 5 aliphatic rings. The zero-order valence-corrected chi connectivity index (χ0v) is 18.0. The molecule has 1 heterocycles. The first-order chi connectivity index (χ1) is 13.3. The van der Waals surface area contributed by atoms with Gasteiger partial charge in [0, 0.05) is 26.2 Å². The number of likely N-dealkylation sites (N-methyl/N-ethyl adjacent to an activating group) is 1. The van der Waals surface area contributed by atoms with Crippen molar-refractivity contribution in [2.75, 3.05) is 20.1 Å². The molecule has 2 N–H and O–H groups in total. The maximum absolute atomic E-state index is 13.7. The van der Waals surface area contributed by atoms with Crippen LogP contribution >= 0.6 is 0 Å². The van der Waals surface area contributed by atoms with Gasteiger partial charge in [-0.15, -0.1) is 0 Å². The Kier molecular flexibility index (Phi) is 5.49. The summed E-state index contributed by atoms with van der Waals surface area (Å²) in [4.78, 5) is 30.7. The molecule has 158 valence electrons. The minimum Gasteiger partial charge on any atom is -0.344 e. The van der Waals surface area contributed by atoms with Gasteiger partial charge in [0.25, 0.3) is 0 Å². The zero-order chi connectivity index (χ0) is 20.1. The van der Waals surface area contributed by atoms with Crippen molar-refractivity contribution < 1.29 is 9.59 Å². The van der Waals surface area contributed by atoms with Gasteiger partial charge < -0.3 is 15.5 Å². The molecule has 4 bridgehead atoms. The number of rotatable bonds is 6. The summed E-state index contributed by atoms with van der Waals surface area (Å²) >= 11 is 0. The zero-order valence-electron chi connectivity index (χ0n) is 18.0. The van der Waals surface area contributed by atoms with Crippen LogP contribution in [0.2, 0.25) is 0 Å². The first kappa shape index (κ1) is 20.2. The number of nitrogens with two attached hydrogens (primary N) is 1. The lowest BCUT2D eigenvalue weighted by Crippen LogP contribution is -2.57. The van der Waals surface area contributed by atoms with Gasteiger partial charge in [-0.1, -0.05) is 13.8 Å². The molecule has 0 aromatic rings. The van der Waals surface area contributed by atoms with E-state index in [2.05, 4.69) is 13.8 Å². The summed E-state index contributed by atoms with van der Waals surface area (Å²) in [6.45, 7) is 5.68. The maximum Gasteiger partial charge on any atom is 0.245 e. The lowest BCUT2D eigenvalue weighted by molar-refractivity contribution is -0.161. The fraction of sp³-hybridized carbons (Fsp3) is 0.913. The molecule has 5 heteroatoms. The Balaban J connectivity index is 1.42. The van der Waals surface area contributed by atoms with Crippen molar-refractivity contribution in [2.45, 2.75) is 83.7 Å². The largest absolute Gasteiger partial charge is 0.344 e. The van der Waals surface area contributed by atoms with Crippen molar-refractivity contribution in [1.29, 1.82) is 0 Å². The molecule has 5 nitrogen and oxygen atoms in total. The Morgan fingerprint density at radius 1 is 1.11 bits per heavy atom. The predicted octanol–water partition coefficient (Wildman–Crippen LogP) is 3.03. The highest BCUT2D eigenvalue weighted by Crippen LogP contribution is 2.60. The molecule has 5 fully saturated rings. The van der Waals surface area contributed by atoms with Gasteiger partial charge in [0.2, 0.25) is 11.8 Å². The number of likely N-dealkylation sites (tertiary alicyclic amines) is 1. The van der Waals surface area contributed by atoms with Crippen LogP contribution in [0.25, 0.3) is 0 Å². The van der Waals surface area contributed by atoms with Gasteiger partial charge in [-0.2, -0.15) is 0 Å². The Labute approximate surface area is 170 Å². The van der Waals surface area contributed by atoms with E-state index in [1.54, 1.807) is 0 Å². The molecule has 1 saturated heterocycles. The SMILES string of the molecule is CC(C)C(N)CCN(C)C(=O)C1CCCN1C(=O)C12CC3CC(CC(C3)C1)C2. The van der Waals surface area contributed by atoms with E-state index >= 15 is 0 Å². The number of hydrogen-bond donors (Lipinski definition) is 1. The molecule has 4 saturated carbocycles. The second-order valence-electron chi connectivity index (χ2n) is 10.8. The van der Waals surface area contributed by atoms with Crippen LogP contribution in [-0.4, -0.2) is 53.8 Å². The highest BCUT2D eigenvalue weighted by atomic mass is 16.2. The van der Waals surface area contributed by atoms with Crippen LogP contribution in [0.1, 0.15) is 71.6 Å². The summed E-state index contributed by atoms with van der Waals surface area (Å²) in [6, 6.07) is -0.135. The molecule has 0 aromatic carbocycles. The number of carbonyl (C=O) groups excluding carboxylic acids is 2. The molecule has 28 heavy (non-hydrogen) atoms. The van der Waals surface area contributed by atoms with E-state index in [-0.39, 0.29) is 23.4 Å². The first-order valence-corrected chi connectivity index (χ1v) is 11.6. The van der Waals surface area contributed by atoms with Crippen LogP contribution < -0.4 is 5.73 Å². The summed E-state index contributed by atoms with van der Waals surface area (Å²) < 4.78 is 0. The fourth-order valence-electron chi connectivity index (χ4n) is 6.98. The monoisotopic (exact) mass is 389 g/mol. The average Bonchev–Trinajstić information content (AvgIpc) is 3.12. The quantitative estimate of drug-likeness (QED) is 0.759. The molecule has 4 aliphatic carbocycles. The van der Waals surface area contributed by atoms with Gasteiger partial charge in [0.05, 0.1) is 5.41 Å². The molecule has 2 unspecified atom stereocenters. The van der Waals surface area contributed by atoms with Crippen molar-refractivity contribution in [2.24, 2.45) is 34.8 Å². The van der Waals surface area contributed by atoms with Gasteiger partial charge in [-0.25, -0.2) is 0 Å². The Morgan fingerprint density at radius 3 is 2.21 bits per heavy atom. The summed E-state index contributed by atoms with van der Waals surface area (Å²) in [5.74, 6) is 3.12. The number of nitrogens with zero attached hydrogens (tertiary/aromatic N) is 2. The van der Waals surface area contributed by atoms with Crippen molar-refractivity contribution in [3.63, 3.8) is 0 Å². The van der Waals surface area contributed by atoms with Gasteiger partial charge >= 0.3 is 0 Å². The molecule has 5 rings (SSSR count). The van der Waals surface area contributed by atoms with Crippen molar-refractivity contribution in [3.05, 3.63) is 0 Å². The Hall–Kier alpha value is -1.10. The molecular weight excluding hydrogens is 350 g/mol. The van der Waals surface area contributed by atoms with E-state index in [9.17, 15) is 9.59 Å². The van der Waals surface area contributed by atoms with Crippen LogP contribution in [-0.2, 0) is 9.59 Å². The van der Waals surface area contributed by atoms with E-state index in [4.69, 9.17) is 5.73 Å². The highest BCUT2D eigenvalue weighted by Gasteiger charge is 2.56. The summed E-state index contributed by atoms with van der Waals surface area (Å²) in [5, 5.41) is 0. The Bertz CT molecular complexity index is 582. The molecule has 1 aliphatic heterocycles. The first-order valence-electron chi connectivity index (χ1n) is 11.6. The van der Waals surface area contributed by atoms with Gasteiger partial charge in [0.1, 0.15) is 6.04 Å². The third-order valence-corrected chi connectivity index (χ3v) is 8.32. The lowest BCUT2D eigenvalue weighted by Gasteiger charge is -2.56. The highest BCUT2D eigenvalue weighted by molar-refractivity contribution is 5.91. The topological polar surface area (TPSA) is 66.6 Å². The van der Waals surface area contributed by atoms with E-state index in [0.717, 1.165) is 62.8 Å². The fourth-order valence-corrected chi connectivity index (χ4v) is 6.98. The van der Waals surface area contributed by atoms with Crippen LogP contribution in [0.4, 0.5) is 0 Å². The lowest BCUT2D eigenvalue weighted by atomic mass is 9.49. The third-order valence-electron chi connectivity index (χ3n) is 8.32. The molecule has 2 amide bonds. The van der Waals surface area contributed by atoms with Crippen molar-refractivity contribution >= 4 is 11.8 Å². The normalized spacial score (nSPS) is 37.5. The number of hydrogen-bond acceptors (Lipinski definition) is 3. The van der Waals surface area contributed by atoms with Crippen LogP contribution in [0.15, 0.2) is 0 Å². The Morgan fingerprint density at radius 2 is 1.68 bits per heavy atom. The van der Waals surface area contributed by atoms with Crippen LogP contribution in [0.3, 0.4) is 0 Å². The molecular formula is C23H39N3O2. The number of carbonyl (C=O) groups is 2. The maximum atomic E-state index is 13.7. The predicted molar refractivity (Wildman–Crippen MR) is 110 cm³/mol. The third kappa shape index (κ3) is 3.59. The molecule has 0 radical (unpaired) electrons. The second-order valence-corrected chi connectivity index (χ2v) is 10.8. The van der Waals surface area contributed by atoms with E-state index in [1.807, 2.05) is 16.8 Å². The standard InChI is InChI=1S/C23H39N3O2/c1-15(2)19(24)6-8-25(3)21(27)20-5-4-7-26(20)22(28)23-12-16-9-17(13-23)11-18(10-16)14-23/h15-20H,4-14,24H2,1-3H3. The van der Waals surface area contributed by atoms with E-state index in [1.165, 1.54) is 19.3 Å². The van der Waals surface area contributed by atoms with E-state index < -0.39 is 0 Å². The summed E-state index contributed by atoms with van der Waals surface area (Å²) in [5.41, 5.74) is 6.02. The molecule has 0 spiro atoms. The molecule has 2 atom stereocenters. The average molecular weight is 390 g/mol. The second kappa shape index (κ2) is 7.62. The smallest absolute Gasteiger partial charge is 0.245 e. The van der Waals surface area contributed by atoms with Gasteiger partial charge in [0.15, 0.2) is 0 Å². The summed E-state index contributed by atoms with van der Waals surface area (Å²) in [7, 11) is 1.88. The van der Waals surface area contributed by atoms with Crippen LogP contribution in [0, 0.1) is 29.1 Å². The molecule has 0 aromatic heterocycles. The minimum atomic E-state index is -0.249.